The van der Waals surface area contributed by atoms with Crippen molar-refractivity contribution in [1.29, 1.82) is 0 Å². The van der Waals surface area contributed by atoms with Crippen LogP contribution in [0.2, 0.25) is 0 Å². The third kappa shape index (κ3) is 3.21. The molecule has 2 heterocycles. The highest BCUT2D eigenvalue weighted by atomic mass is 32.2. The Morgan fingerprint density at radius 1 is 1.19 bits per heavy atom. The van der Waals surface area contributed by atoms with E-state index >= 15 is 0 Å². The first-order chi connectivity index (χ1) is 12.3. The Morgan fingerprint density at radius 2 is 1.81 bits per heavy atom. The predicted molar refractivity (Wildman–Crippen MR) is 100 cm³/mol. The van der Waals surface area contributed by atoms with Gasteiger partial charge in [0, 0.05) is 16.4 Å². The first-order valence-electron chi connectivity index (χ1n) is 8.24. The molecule has 1 aliphatic rings. The van der Waals surface area contributed by atoms with Gasteiger partial charge in [0.15, 0.2) is 0 Å². The van der Waals surface area contributed by atoms with Crippen LogP contribution < -0.4 is 14.8 Å². The van der Waals surface area contributed by atoms with Crippen molar-refractivity contribution in [3.05, 3.63) is 35.0 Å². The predicted octanol–water partition coefficient (Wildman–Crippen LogP) is 2.67. The van der Waals surface area contributed by atoms with E-state index in [2.05, 4.69) is 10.4 Å². The minimum atomic E-state index is -0.981. The zero-order chi connectivity index (χ0) is 19.1. The molecule has 0 saturated carbocycles. The molecule has 0 radical (unpaired) electrons. The lowest BCUT2D eigenvalue weighted by atomic mass is 10.1. The van der Waals surface area contributed by atoms with Crippen LogP contribution in [0, 0.1) is 0 Å². The van der Waals surface area contributed by atoms with Crippen molar-refractivity contribution < 1.29 is 18.5 Å². The number of rotatable bonds is 4. The summed E-state index contributed by atoms with van der Waals surface area (Å²) < 4.78 is 24.4. The summed E-state index contributed by atoms with van der Waals surface area (Å²) in [5.41, 5.74) is 1.59. The average molecular weight is 377 g/mol. The van der Waals surface area contributed by atoms with Crippen molar-refractivity contribution in [2.75, 3.05) is 19.5 Å². The topological polar surface area (TPSA) is 82.4 Å². The van der Waals surface area contributed by atoms with Crippen molar-refractivity contribution >= 4 is 22.5 Å². The average Bonchev–Trinajstić information content (AvgIpc) is 3.10. The molecule has 0 saturated heterocycles. The van der Waals surface area contributed by atoms with Gasteiger partial charge in [0.25, 0.3) is 5.91 Å². The lowest BCUT2D eigenvalue weighted by Crippen LogP contribution is -2.27. The van der Waals surface area contributed by atoms with Crippen molar-refractivity contribution in [2.24, 2.45) is 0 Å². The Labute approximate surface area is 155 Å². The second-order valence-electron chi connectivity index (χ2n) is 7.08. The Balaban J connectivity index is 2.05. The van der Waals surface area contributed by atoms with Crippen LogP contribution in [0.25, 0.3) is 0 Å². The molecule has 3 rings (SSSR count). The van der Waals surface area contributed by atoms with Gasteiger partial charge in [-0.25, -0.2) is 4.68 Å². The van der Waals surface area contributed by atoms with Crippen LogP contribution in [0.15, 0.2) is 18.2 Å². The fraction of sp³-hybridized carbons (Fsp3) is 0.444. The summed E-state index contributed by atoms with van der Waals surface area (Å²) in [6.45, 7) is 6.02. The van der Waals surface area contributed by atoms with E-state index in [1.54, 1.807) is 22.9 Å². The molecule has 26 heavy (non-hydrogen) atoms. The van der Waals surface area contributed by atoms with Gasteiger partial charge in [-0.3, -0.25) is 9.00 Å². The highest BCUT2D eigenvalue weighted by Gasteiger charge is 2.32. The van der Waals surface area contributed by atoms with E-state index in [-0.39, 0.29) is 11.4 Å². The number of hydrogen-bond acceptors (Lipinski definition) is 5. The van der Waals surface area contributed by atoms with Crippen LogP contribution in [0.3, 0.4) is 0 Å². The van der Waals surface area contributed by atoms with E-state index in [1.165, 1.54) is 14.2 Å². The van der Waals surface area contributed by atoms with Crippen LogP contribution in [-0.4, -0.2) is 34.1 Å². The van der Waals surface area contributed by atoms with E-state index in [9.17, 15) is 9.00 Å². The molecule has 0 fully saturated rings. The number of anilines is 1. The highest BCUT2D eigenvalue weighted by Crippen LogP contribution is 2.35. The normalized spacial score (nSPS) is 16.3. The number of nitrogens with one attached hydrogen (secondary N) is 1. The largest absolute Gasteiger partial charge is 0.496 e. The zero-order valence-electron chi connectivity index (χ0n) is 15.6. The van der Waals surface area contributed by atoms with Gasteiger partial charge in [0.2, 0.25) is 0 Å². The van der Waals surface area contributed by atoms with Gasteiger partial charge in [-0.2, -0.15) is 5.10 Å². The SMILES string of the molecule is COc1cccc(OC)c1C(=O)Nc1c2c(nn1C(C)(C)C)C[S@@](=O)C2. The second kappa shape index (κ2) is 6.75. The monoisotopic (exact) mass is 377 g/mol. The first-order valence-corrected chi connectivity index (χ1v) is 9.73. The van der Waals surface area contributed by atoms with Gasteiger partial charge in [-0.15, -0.1) is 0 Å². The number of amides is 1. The maximum atomic E-state index is 13.0. The summed E-state index contributed by atoms with van der Waals surface area (Å²) >= 11 is 0. The molecule has 8 heteroatoms. The highest BCUT2D eigenvalue weighted by molar-refractivity contribution is 7.83. The fourth-order valence-corrected chi connectivity index (χ4v) is 4.25. The van der Waals surface area contributed by atoms with E-state index in [4.69, 9.17) is 9.47 Å². The van der Waals surface area contributed by atoms with Gasteiger partial charge in [0.05, 0.1) is 37.0 Å². The van der Waals surface area contributed by atoms with E-state index in [1.807, 2.05) is 20.8 Å². The van der Waals surface area contributed by atoms with Crippen LogP contribution in [0.4, 0.5) is 5.82 Å². The number of hydrogen-bond donors (Lipinski definition) is 1. The molecule has 1 N–H and O–H groups in total. The molecule has 0 unspecified atom stereocenters. The molecule has 1 amide bonds. The summed E-state index contributed by atoms with van der Waals surface area (Å²) in [6, 6.07) is 5.17. The number of fused-ring (bicyclic) bond motifs is 1. The summed E-state index contributed by atoms with van der Waals surface area (Å²) in [7, 11) is 2.03. The van der Waals surface area contributed by atoms with Gasteiger partial charge < -0.3 is 14.8 Å². The van der Waals surface area contributed by atoms with Gasteiger partial charge in [-0.1, -0.05) is 6.07 Å². The molecule has 7 nitrogen and oxygen atoms in total. The molecular formula is C18H23N3O4S. The van der Waals surface area contributed by atoms with Crippen molar-refractivity contribution in [1.82, 2.24) is 9.78 Å². The van der Waals surface area contributed by atoms with Crippen LogP contribution >= 0.6 is 0 Å². The lowest BCUT2D eigenvalue weighted by molar-refractivity contribution is 0.101. The molecule has 2 aromatic rings. The molecule has 1 atom stereocenters. The van der Waals surface area contributed by atoms with E-state index in [0.717, 1.165) is 11.3 Å². The smallest absolute Gasteiger partial charge is 0.264 e. The minimum absolute atomic E-state index is 0.312. The summed E-state index contributed by atoms with van der Waals surface area (Å²) in [5, 5.41) is 7.54. The fourth-order valence-electron chi connectivity index (χ4n) is 2.99. The van der Waals surface area contributed by atoms with Crippen LogP contribution in [0.5, 0.6) is 11.5 Å². The number of nitrogens with zero attached hydrogens (tertiary/aromatic N) is 2. The summed E-state index contributed by atoms with van der Waals surface area (Å²) in [5.74, 6) is 1.87. The van der Waals surface area contributed by atoms with Crippen LogP contribution in [0.1, 0.15) is 42.4 Å². The Kier molecular flexibility index (Phi) is 4.79. The quantitative estimate of drug-likeness (QED) is 0.886. The number of ether oxygens (including phenoxy) is 2. The number of carbonyl (C=O) groups is 1. The molecule has 140 valence electrons. The van der Waals surface area contributed by atoms with Crippen molar-refractivity contribution in [3.63, 3.8) is 0 Å². The number of aromatic nitrogens is 2. The minimum Gasteiger partial charge on any atom is -0.496 e. The maximum absolute atomic E-state index is 13.0. The van der Waals surface area contributed by atoms with Crippen molar-refractivity contribution in [3.8, 4) is 11.5 Å². The molecule has 0 bridgehead atoms. The molecule has 1 aromatic heterocycles. The Hall–Kier alpha value is -2.35. The summed E-state index contributed by atoms with van der Waals surface area (Å²) in [4.78, 5) is 13.0. The molecule has 1 aromatic carbocycles. The van der Waals surface area contributed by atoms with Gasteiger partial charge >= 0.3 is 0 Å². The summed E-state index contributed by atoms with van der Waals surface area (Å²) in [6.07, 6.45) is 0. The molecule has 0 aliphatic carbocycles. The van der Waals surface area contributed by atoms with Gasteiger partial charge in [-0.05, 0) is 32.9 Å². The standard InChI is InChI=1S/C18H23N3O4S/c1-18(2,3)21-16(11-9-26(23)10-12(11)20-21)19-17(22)15-13(24-4)7-6-8-14(15)25-5/h6-8H,9-10H2,1-5H3,(H,19,22)/t26-/m0/s1. The Bertz CT molecular complexity index is 861. The van der Waals surface area contributed by atoms with Crippen LogP contribution in [-0.2, 0) is 27.8 Å². The molecule has 1 aliphatic heterocycles. The van der Waals surface area contributed by atoms with Gasteiger partial charge in [0.1, 0.15) is 22.9 Å². The maximum Gasteiger partial charge on any atom is 0.264 e. The molecular weight excluding hydrogens is 354 g/mol. The third-order valence-corrected chi connectivity index (χ3v) is 5.40. The zero-order valence-corrected chi connectivity index (χ0v) is 16.4. The molecule has 0 spiro atoms. The number of methoxy groups -OCH3 is 2. The van der Waals surface area contributed by atoms with Crippen molar-refractivity contribution in [2.45, 2.75) is 37.8 Å². The first kappa shape index (κ1) is 18.4. The second-order valence-corrected chi connectivity index (χ2v) is 8.53. The third-order valence-electron chi connectivity index (χ3n) is 4.19. The lowest BCUT2D eigenvalue weighted by Gasteiger charge is -2.23. The number of carbonyl (C=O) groups excluding carboxylic acids is 1. The Morgan fingerprint density at radius 3 is 2.35 bits per heavy atom. The van der Waals surface area contributed by atoms with E-state index < -0.39 is 10.8 Å². The van der Waals surface area contributed by atoms with E-state index in [0.29, 0.717) is 34.4 Å². The number of benzene rings is 1.